The fraction of sp³-hybridized carbons (Fsp3) is 0.462. The predicted molar refractivity (Wildman–Crippen MR) is 67.1 cm³/mol. The number of nitrogens with one attached hydrogen (secondary N) is 1. The highest BCUT2D eigenvalue weighted by Gasteiger charge is 2.20. The summed E-state index contributed by atoms with van der Waals surface area (Å²) in [6, 6.07) is 6.09. The van der Waals surface area contributed by atoms with E-state index < -0.39 is 5.82 Å². The van der Waals surface area contributed by atoms with Crippen molar-refractivity contribution in [3.05, 3.63) is 29.6 Å². The number of nitriles is 1. The number of rotatable bonds is 5. The zero-order chi connectivity index (χ0) is 12.9. The summed E-state index contributed by atoms with van der Waals surface area (Å²) in [5, 5.41) is 12.0. The van der Waals surface area contributed by atoms with E-state index in [1.54, 1.807) is 6.07 Å². The summed E-state index contributed by atoms with van der Waals surface area (Å²) in [5.74, 6) is -0.405. The molecular weight excluding hydrogens is 217 g/mol. The second-order valence-electron chi connectivity index (χ2n) is 4.22. The van der Waals surface area contributed by atoms with E-state index in [1.807, 2.05) is 19.9 Å². The van der Waals surface area contributed by atoms with Gasteiger partial charge in [0.15, 0.2) is 0 Å². The van der Waals surface area contributed by atoms with Crippen molar-refractivity contribution in [3.8, 4) is 6.07 Å². The maximum absolute atomic E-state index is 12.9. The molecule has 17 heavy (non-hydrogen) atoms. The lowest BCUT2D eigenvalue weighted by Crippen LogP contribution is -2.45. The minimum absolute atomic E-state index is 0.291. The van der Waals surface area contributed by atoms with Gasteiger partial charge in [0.1, 0.15) is 11.9 Å². The molecule has 0 fully saturated rings. The van der Waals surface area contributed by atoms with E-state index in [1.165, 1.54) is 12.1 Å². The van der Waals surface area contributed by atoms with Crippen LogP contribution in [0.5, 0.6) is 0 Å². The molecule has 0 atom stereocenters. The molecule has 1 aromatic rings. The Morgan fingerprint density at radius 3 is 2.59 bits per heavy atom. The van der Waals surface area contributed by atoms with Crippen LogP contribution in [0.4, 0.5) is 10.1 Å². The zero-order valence-electron chi connectivity index (χ0n) is 10.3. The highest BCUT2D eigenvalue weighted by molar-refractivity contribution is 5.57. The molecule has 0 spiro atoms. The standard InChI is InChI=1S/C13H18FN3/c1-3-13(16,4-2)9-17-12-6-5-11(14)7-10(12)8-15/h5-7,17H,3-4,9,16H2,1-2H3. The molecule has 1 rings (SSSR count). The number of nitrogens with two attached hydrogens (primary N) is 1. The third-order valence-electron chi connectivity index (χ3n) is 3.14. The molecule has 0 radical (unpaired) electrons. The van der Waals surface area contributed by atoms with Gasteiger partial charge >= 0.3 is 0 Å². The molecule has 0 bridgehead atoms. The molecule has 92 valence electrons. The van der Waals surface area contributed by atoms with Gasteiger partial charge in [-0.25, -0.2) is 4.39 Å². The van der Waals surface area contributed by atoms with E-state index in [2.05, 4.69) is 5.32 Å². The lowest BCUT2D eigenvalue weighted by atomic mass is 9.94. The van der Waals surface area contributed by atoms with Crippen LogP contribution in [0.3, 0.4) is 0 Å². The Hall–Kier alpha value is -1.60. The Balaban J connectivity index is 2.80. The maximum Gasteiger partial charge on any atom is 0.124 e. The summed E-state index contributed by atoms with van der Waals surface area (Å²) in [6.07, 6.45) is 1.69. The van der Waals surface area contributed by atoms with Crippen molar-refractivity contribution in [1.82, 2.24) is 0 Å². The van der Waals surface area contributed by atoms with Crippen LogP contribution in [0, 0.1) is 17.1 Å². The molecule has 1 aromatic carbocycles. The van der Waals surface area contributed by atoms with Crippen molar-refractivity contribution < 1.29 is 4.39 Å². The van der Waals surface area contributed by atoms with Crippen molar-refractivity contribution >= 4 is 5.69 Å². The Bertz CT molecular complexity index is 419. The minimum atomic E-state index is -0.405. The predicted octanol–water partition coefficient (Wildman–Crippen LogP) is 2.63. The molecule has 0 aromatic heterocycles. The maximum atomic E-state index is 12.9. The minimum Gasteiger partial charge on any atom is -0.382 e. The van der Waals surface area contributed by atoms with Crippen molar-refractivity contribution in [3.63, 3.8) is 0 Å². The molecule has 0 amide bonds. The Kier molecular flexibility index (Phi) is 4.47. The third kappa shape index (κ3) is 3.43. The van der Waals surface area contributed by atoms with Gasteiger partial charge in [-0.2, -0.15) is 5.26 Å². The molecule has 0 saturated carbocycles. The molecule has 3 N–H and O–H groups in total. The van der Waals surface area contributed by atoms with Crippen LogP contribution in [-0.2, 0) is 0 Å². The second-order valence-corrected chi connectivity index (χ2v) is 4.22. The van der Waals surface area contributed by atoms with Crippen molar-refractivity contribution in [1.29, 1.82) is 5.26 Å². The molecule has 0 aliphatic carbocycles. The van der Waals surface area contributed by atoms with Gasteiger partial charge in [0.05, 0.1) is 11.3 Å². The first-order valence-corrected chi connectivity index (χ1v) is 5.77. The normalized spacial score (nSPS) is 11.0. The first-order valence-electron chi connectivity index (χ1n) is 5.77. The van der Waals surface area contributed by atoms with Gasteiger partial charge in [-0.1, -0.05) is 13.8 Å². The van der Waals surface area contributed by atoms with E-state index >= 15 is 0 Å². The monoisotopic (exact) mass is 235 g/mol. The van der Waals surface area contributed by atoms with Crippen LogP contribution in [0.25, 0.3) is 0 Å². The van der Waals surface area contributed by atoms with E-state index in [0.29, 0.717) is 17.8 Å². The van der Waals surface area contributed by atoms with Gasteiger partial charge in [0.2, 0.25) is 0 Å². The SMILES string of the molecule is CCC(N)(CC)CNc1ccc(F)cc1C#N. The third-order valence-corrected chi connectivity index (χ3v) is 3.14. The number of hydrogen-bond donors (Lipinski definition) is 2. The molecule has 4 heteroatoms. The molecule has 0 aliphatic rings. The van der Waals surface area contributed by atoms with Crippen LogP contribution in [0.1, 0.15) is 32.3 Å². The molecule has 0 unspecified atom stereocenters. The summed E-state index contributed by atoms with van der Waals surface area (Å²) >= 11 is 0. The van der Waals surface area contributed by atoms with Crippen molar-refractivity contribution in [2.24, 2.45) is 5.73 Å². The number of nitrogens with zero attached hydrogens (tertiary/aromatic N) is 1. The highest BCUT2D eigenvalue weighted by Crippen LogP contribution is 2.18. The largest absolute Gasteiger partial charge is 0.382 e. The van der Waals surface area contributed by atoms with Crippen molar-refractivity contribution in [2.75, 3.05) is 11.9 Å². The van der Waals surface area contributed by atoms with Crippen LogP contribution in [0.15, 0.2) is 18.2 Å². The zero-order valence-corrected chi connectivity index (χ0v) is 10.3. The average molecular weight is 235 g/mol. The molecule has 0 saturated heterocycles. The number of halogens is 1. The van der Waals surface area contributed by atoms with Crippen LogP contribution in [-0.4, -0.2) is 12.1 Å². The number of benzene rings is 1. The number of hydrogen-bond acceptors (Lipinski definition) is 3. The van der Waals surface area contributed by atoms with Crippen LogP contribution in [0.2, 0.25) is 0 Å². The van der Waals surface area contributed by atoms with Gasteiger partial charge in [-0.15, -0.1) is 0 Å². The Morgan fingerprint density at radius 2 is 2.06 bits per heavy atom. The van der Waals surface area contributed by atoms with Gasteiger partial charge in [0, 0.05) is 12.1 Å². The Morgan fingerprint density at radius 1 is 1.41 bits per heavy atom. The molecule has 0 aliphatic heterocycles. The molecular formula is C13H18FN3. The Labute approximate surface area is 101 Å². The molecule has 0 heterocycles. The van der Waals surface area contributed by atoms with Crippen molar-refractivity contribution in [2.45, 2.75) is 32.2 Å². The summed E-state index contributed by atoms with van der Waals surface area (Å²) in [6.45, 7) is 4.63. The average Bonchev–Trinajstić information content (AvgIpc) is 2.36. The van der Waals surface area contributed by atoms with Gasteiger partial charge in [-0.3, -0.25) is 0 Å². The van der Waals surface area contributed by atoms with Gasteiger partial charge in [0.25, 0.3) is 0 Å². The first-order chi connectivity index (χ1) is 8.04. The van der Waals surface area contributed by atoms with E-state index in [0.717, 1.165) is 12.8 Å². The highest BCUT2D eigenvalue weighted by atomic mass is 19.1. The van der Waals surface area contributed by atoms with Gasteiger partial charge < -0.3 is 11.1 Å². The smallest absolute Gasteiger partial charge is 0.124 e. The number of anilines is 1. The summed E-state index contributed by atoms with van der Waals surface area (Å²) in [5.41, 5.74) is 6.79. The summed E-state index contributed by atoms with van der Waals surface area (Å²) in [7, 11) is 0. The fourth-order valence-corrected chi connectivity index (χ4v) is 1.53. The van der Waals surface area contributed by atoms with E-state index in [-0.39, 0.29) is 5.54 Å². The first kappa shape index (κ1) is 13.5. The fourth-order valence-electron chi connectivity index (χ4n) is 1.53. The topological polar surface area (TPSA) is 61.8 Å². The van der Waals surface area contributed by atoms with Gasteiger partial charge in [-0.05, 0) is 31.0 Å². The van der Waals surface area contributed by atoms with E-state index in [4.69, 9.17) is 11.0 Å². The second kappa shape index (κ2) is 5.65. The van der Waals surface area contributed by atoms with E-state index in [9.17, 15) is 4.39 Å². The lowest BCUT2D eigenvalue weighted by Gasteiger charge is -2.27. The quantitative estimate of drug-likeness (QED) is 0.824. The van der Waals surface area contributed by atoms with Crippen LogP contribution >= 0.6 is 0 Å². The van der Waals surface area contributed by atoms with Crippen LogP contribution < -0.4 is 11.1 Å². The summed E-state index contributed by atoms with van der Waals surface area (Å²) < 4.78 is 12.9. The molecule has 3 nitrogen and oxygen atoms in total. The summed E-state index contributed by atoms with van der Waals surface area (Å²) in [4.78, 5) is 0. The lowest BCUT2D eigenvalue weighted by molar-refractivity contribution is 0.418.